The monoisotopic (exact) mass is 414 g/mol. The van der Waals surface area contributed by atoms with Gasteiger partial charge in [0.2, 0.25) is 5.91 Å². The van der Waals surface area contributed by atoms with Gasteiger partial charge in [-0.1, -0.05) is 29.8 Å². The number of carbonyl (C=O) groups excluding carboxylic acids is 2. The summed E-state index contributed by atoms with van der Waals surface area (Å²) in [7, 11) is 1.79. The first-order chi connectivity index (χ1) is 13.9. The number of amides is 2. The van der Waals surface area contributed by atoms with Crippen LogP contribution in [0.5, 0.6) is 5.75 Å². The fraction of sp³-hybridized carbons (Fsp3) is 0.391. The third-order valence-electron chi connectivity index (χ3n) is 5.47. The van der Waals surface area contributed by atoms with E-state index in [0.717, 1.165) is 12.0 Å². The Balaban J connectivity index is 1.75. The standard InChI is InChI=1S/C23H27ClN2O3/c1-4-29-20-8-5-7-18(15-20)22(27)26-14-6-9-21(26)23(28)25(3)16(2)17-10-12-19(24)13-11-17/h5,7-8,10-13,15-16,21H,4,6,9,14H2,1-3H3. The lowest BCUT2D eigenvalue weighted by Gasteiger charge is -2.32. The van der Waals surface area contributed by atoms with Gasteiger partial charge in [-0.05, 0) is 62.6 Å². The van der Waals surface area contributed by atoms with Gasteiger partial charge in [-0.15, -0.1) is 0 Å². The van der Waals surface area contributed by atoms with Crippen LogP contribution in [0.15, 0.2) is 48.5 Å². The van der Waals surface area contributed by atoms with E-state index >= 15 is 0 Å². The van der Waals surface area contributed by atoms with Crippen molar-refractivity contribution in [2.24, 2.45) is 0 Å². The molecule has 6 heteroatoms. The fourth-order valence-electron chi connectivity index (χ4n) is 3.71. The molecule has 0 aliphatic carbocycles. The molecule has 29 heavy (non-hydrogen) atoms. The van der Waals surface area contributed by atoms with Crippen LogP contribution in [0.3, 0.4) is 0 Å². The number of hydrogen-bond acceptors (Lipinski definition) is 3. The highest BCUT2D eigenvalue weighted by molar-refractivity contribution is 6.30. The molecule has 5 nitrogen and oxygen atoms in total. The van der Waals surface area contributed by atoms with Gasteiger partial charge in [0.1, 0.15) is 11.8 Å². The van der Waals surface area contributed by atoms with Crippen LogP contribution in [0.25, 0.3) is 0 Å². The zero-order valence-corrected chi connectivity index (χ0v) is 17.9. The Labute approximate surface area is 177 Å². The first-order valence-corrected chi connectivity index (χ1v) is 10.4. The Hall–Kier alpha value is -2.53. The van der Waals surface area contributed by atoms with Crippen LogP contribution in [-0.4, -0.2) is 47.9 Å². The van der Waals surface area contributed by atoms with Crippen molar-refractivity contribution in [1.82, 2.24) is 9.80 Å². The van der Waals surface area contributed by atoms with Crippen molar-refractivity contribution in [2.45, 2.75) is 38.8 Å². The molecule has 2 amide bonds. The number of benzene rings is 2. The quantitative estimate of drug-likeness (QED) is 0.696. The summed E-state index contributed by atoms with van der Waals surface area (Å²) in [5, 5.41) is 0.664. The zero-order valence-electron chi connectivity index (χ0n) is 17.1. The van der Waals surface area contributed by atoms with E-state index in [1.807, 2.05) is 44.2 Å². The number of likely N-dealkylation sites (N-methyl/N-ethyl adjacent to an activating group) is 1. The summed E-state index contributed by atoms with van der Waals surface area (Å²) in [5.74, 6) is 0.489. The van der Waals surface area contributed by atoms with E-state index in [0.29, 0.717) is 35.9 Å². The van der Waals surface area contributed by atoms with E-state index in [1.165, 1.54) is 0 Å². The summed E-state index contributed by atoms with van der Waals surface area (Å²) in [6.45, 7) is 5.00. The smallest absolute Gasteiger partial charge is 0.254 e. The summed E-state index contributed by atoms with van der Waals surface area (Å²) in [6.07, 6.45) is 1.49. The van der Waals surface area contributed by atoms with Crippen molar-refractivity contribution in [1.29, 1.82) is 0 Å². The van der Waals surface area contributed by atoms with Crippen molar-refractivity contribution in [2.75, 3.05) is 20.2 Å². The van der Waals surface area contributed by atoms with Gasteiger partial charge in [0.15, 0.2) is 0 Å². The van der Waals surface area contributed by atoms with Crippen LogP contribution in [0.1, 0.15) is 48.7 Å². The molecule has 154 valence electrons. The number of hydrogen-bond donors (Lipinski definition) is 0. The maximum atomic E-state index is 13.2. The summed E-state index contributed by atoms with van der Waals surface area (Å²) >= 11 is 5.97. The molecule has 0 bridgehead atoms. The van der Waals surface area contributed by atoms with Crippen molar-refractivity contribution in [3.63, 3.8) is 0 Å². The highest BCUT2D eigenvalue weighted by Crippen LogP contribution is 2.27. The molecule has 2 atom stereocenters. The van der Waals surface area contributed by atoms with Gasteiger partial charge in [0.25, 0.3) is 5.91 Å². The van der Waals surface area contributed by atoms with Gasteiger partial charge in [-0.25, -0.2) is 0 Å². The Bertz CT molecular complexity index is 869. The number of halogens is 1. The highest BCUT2D eigenvalue weighted by atomic mass is 35.5. The summed E-state index contributed by atoms with van der Waals surface area (Å²) in [4.78, 5) is 29.7. The van der Waals surface area contributed by atoms with Gasteiger partial charge in [0, 0.05) is 24.2 Å². The second-order valence-electron chi connectivity index (χ2n) is 7.29. The molecule has 0 spiro atoms. The lowest BCUT2D eigenvalue weighted by Crippen LogP contribution is -2.47. The molecule has 0 radical (unpaired) electrons. The number of rotatable bonds is 6. The van der Waals surface area contributed by atoms with E-state index in [1.54, 1.807) is 35.0 Å². The topological polar surface area (TPSA) is 49.9 Å². The fourth-order valence-corrected chi connectivity index (χ4v) is 3.83. The molecular formula is C23H27ClN2O3. The second kappa shape index (κ2) is 9.31. The number of nitrogens with zero attached hydrogens (tertiary/aromatic N) is 2. The maximum Gasteiger partial charge on any atom is 0.254 e. The minimum absolute atomic E-state index is 0.0423. The summed E-state index contributed by atoms with van der Waals surface area (Å²) in [6, 6.07) is 14.1. The normalized spacial score (nSPS) is 17.1. The minimum Gasteiger partial charge on any atom is -0.494 e. The van der Waals surface area contributed by atoms with Gasteiger partial charge >= 0.3 is 0 Å². The van der Waals surface area contributed by atoms with Crippen LogP contribution in [0.4, 0.5) is 0 Å². The van der Waals surface area contributed by atoms with Crippen LogP contribution in [-0.2, 0) is 4.79 Å². The van der Waals surface area contributed by atoms with Crippen molar-refractivity contribution >= 4 is 23.4 Å². The average Bonchev–Trinajstić information content (AvgIpc) is 3.22. The second-order valence-corrected chi connectivity index (χ2v) is 7.73. The lowest BCUT2D eigenvalue weighted by molar-refractivity contribution is -0.135. The minimum atomic E-state index is -0.446. The molecule has 1 aliphatic rings. The lowest BCUT2D eigenvalue weighted by atomic mass is 10.1. The van der Waals surface area contributed by atoms with E-state index in [9.17, 15) is 9.59 Å². The van der Waals surface area contributed by atoms with Crippen LogP contribution in [0.2, 0.25) is 5.02 Å². The number of carbonyl (C=O) groups is 2. The van der Waals surface area contributed by atoms with Crippen LogP contribution < -0.4 is 4.74 Å². The molecule has 1 heterocycles. The molecule has 0 saturated carbocycles. The molecule has 2 unspecified atom stereocenters. The Kier molecular flexibility index (Phi) is 6.80. The molecule has 1 fully saturated rings. The molecule has 1 saturated heterocycles. The zero-order chi connectivity index (χ0) is 21.0. The van der Waals surface area contributed by atoms with Crippen LogP contribution in [0, 0.1) is 0 Å². The molecule has 0 N–H and O–H groups in total. The predicted molar refractivity (Wildman–Crippen MR) is 114 cm³/mol. The third-order valence-corrected chi connectivity index (χ3v) is 5.72. The van der Waals surface area contributed by atoms with Gasteiger partial charge in [-0.3, -0.25) is 9.59 Å². The number of ether oxygens (including phenoxy) is 1. The van der Waals surface area contributed by atoms with E-state index in [2.05, 4.69) is 0 Å². The molecule has 1 aliphatic heterocycles. The molecule has 0 aromatic heterocycles. The maximum absolute atomic E-state index is 13.2. The molecule has 2 aromatic carbocycles. The Morgan fingerprint density at radius 2 is 1.97 bits per heavy atom. The predicted octanol–water partition coefficient (Wildman–Crippen LogP) is 4.56. The third kappa shape index (κ3) is 4.73. The summed E-state index contributed by atoms with van der Waals surface area (Å²) in [5.41, 5.74) is 1.55. The van der Waals surface area contributed by atoms with E-state index in [4.69, 9.17) is 16.3 Å². The van der Waals surface area contributed by atoms with Crippen molar-refractivity contribution < 1.29 is 14.3 Å². The SMILES string of the molecule is CCOc1cccc(C(=O)N2CCCC2C(=O)N(C)C(C)c2ccc(Cl)cc2)c1. The molecule has 3 rings (SSSR count). The highest BCUT2D eigenvalue weighted by Gasteiger charge is 2.37. The summed E-state index contributed by atoms with van der Waals surface area (Å²) < 4.78 is 5.51. The van der Waals surface area contributed by atoms with Crippen molar-refractivity contribution in [3.8, 4) is 5.75 Å². The first kappa shape index (κ1) is 21.2. The Morgan fingerprint density at radius 1 is 1.24 bits per heavy atom. The van der Waals surface area contributed by atoms with E-state index in [-0.39, 0.29) is 17.9 Å². The van der Waals surface area contributed by atoms with E-state index < -0.39 is 6.04 Å². The molecular weight excluding hydrogens is 388 g/mol. The molecule has 2 aromatic rings. The van der Waals surface area contributed by atoms with Gasteiger partial charge in [-0.2, -0.15) is 0 Å². The largest absolute Gasteiger partial charge is 0.494 e. The number of likely N-dealkylation sites (tertiary alicyclic amines) is 1. The Morgan fingerprint density at radius 3 is 2.66 bits per heavy atom. The van der Waals surface area contributed by atoms with Gasteiger partial charge in [0.05, 0.1) is 12.6 Å². The van der Waals surface area contributed by atoms with Gasteiger partial charge < -0.3 is 14.5 Å². The average molecular weight is 415 g/mol. The first-order valence-electron chi connectivity index (χ1n) is 9.98. The van der Waals surface area contributed by atoms with Crippen molar-refractivity contribution in [3.05, 3.63) is 64.7 Å². The van der Waals surface area contributed by atoms with Crippen LogP contribution >= 0.6 is 11.6 Å².